The third kappa shape index (κ3) is 4.76. The van der Waals surface area contributed by atoms with Gasteiger partial charge in [0.15, 0.2) is 17.3 Å². The smallest absolute Gasteiger partial charge is 0.243 e. The van der Waals surface area contributed by atoms with Crippen molar-refractivity contribution in [2.75, 3.05) is 40.4 Å². The lowest BCUT2D eigenvalue weighted by molar-refractivity contribution is 0.0946. The van der Waals surface area contributed by atoms with E-state index in [9.17, 15) is 13.2 Å². The van der Waals surface area contributed by atoms with E-state index >= 15 is 0 Å². The average Bonchev–Trinajstić information content (AvgIpc) is 3.20. The Morgan fingerprint density at radius 3 is 2.53 bits per heavy atom. The van der Waals surface area contributed by atoms with Crippen molar-refractivity contribution in [2.45, 2.75) is 57.4 Å². The number of Topliss-reactive ketones (excluding diaryl/α,β-unsaturated/α-hetero) is 1. The number of benzene rings is 2. The van der Waals surface area contributed by atoms with Crippen molar-refractivity contribution in [1.82, 2.24) is 9.21 Å². The summed E-state index contributed by atoms with van der Waals surface area (Å²) in [6, 6.07) is 5.43. The molecule has 0 radical (unpaired) electrons. The molecule has 9 heteroatoms. The van der Waals surface area contributed by atoms with Gasteiger partial charge in [-0.2, -0.15) is 4.31 Å². The highest BCUT2D eigenvalue weighted by atomic mass is 35.5. The number of methoxy groups -OCH3 is 2. The largest absolute Gasteiger partial charge is 0.493 e. The van der Waals surface area contributed by atoms with Crippen molar-refractivity contribution in [3.63, 3.8) is 0 Å². The molecule has 0 bridgehead atoms. The summed E-state index contributed by atoms with van der Waals surface area (Å²) in [5.74, 6) is 1.23. The number of nitrogens with zero attached hydrogens (tertiary/aromatic N) is 2. The SMILES string of the molecule is CCN(CCCCN1CCc2cc(OC)c(OC)c3c2C1CC3=O)S(=O)(=O)c1cc(C)c(Cl)cc1C. The zero-order valence-corrected chi connectivity index (χ0v) is 23.3. The van der Waals surface area contributed by atoms with Crippen LogP contribution in [0.4, 0.5) is 0 Å². The van der Waals surface area contributed by atoms with E-state index in [1.54, 1.807) is 37.6 Å². The Balaban J connectivity index is 1.43. The number of halogens is 1. The summed E-state index contributed by atoms with van der Waals surface area (Å²) in [5.41, 5.74) is 4.31. The molecule has 0 N–H and O–H groups in total. The maximum Gasteiger partial charge on any atom is 0.243 e. The highest BCUT2D eigenvalue weighted by Crippen LogP contribution is 2.48. The quantitative estimate of drug-likeness (QED) is 0.401. The van der Waals surface area contributed by atoms with Crippen molar-refractivity contribution in [2.24, 2.45) is 0 Å². The monoisotopic (exact) mass is 534 g/mol. The lowest BCUT2D eigenvalue weighted by Gasteiger charge is -2.35. The van der Waals surface area contributed by atoms with Crippen molar-refractivity contribution >= 4 is 27.4 Å². The van der Waals surface area contributed by atoms with Crippen molar-refractivity contribution in [3.8, 4) is 11.5 Å². The molecule has 0 aromatic heterocycles. The first-order chi connectivity index (χ1) is 17.1. The van der Waals surface area contributed by atoms with E-state index < -0.39 is 10.0 Å². The summed E-state index contributed by atoms with van der Waals surface area (Å²) in [5, 5.41) is 0.571. The van der Waals surface area contributed by atoms with Crippen LogP contribution in [-0.4, -0.2) is 63.8 Å². The van der Waals surface area contributed by atoms with E-state index in [0.29, 0.717) is 52.1 Å². The number of rotatable bonds is 10. The normalized spacial score (nSPS) is 17.5. The predicted molar refractivity (Wildman–Crippen MR) is 141 cm³/mol. The molecule has 2 aromatic carbocycles. The Morgan fingerprint density at radius 1 is 1.11 bits per heavy atom. The molecule has 0 amide bonds. The van der Waals surface area contributed by atoms with Gasteiger partial charge in [0.2, 0.25) is 10.0 Å². The first kappa shape index (κ1) is 26.9. The van der Waals surface area contributed by atoms with Gasteiger partial charge in [-0.1, -0.05) is 18.5 Å². The zero-order chi connectivity index (χ0) is 26.2. The number of sulfonamides is 1. The second kappa shape index (κ2) is 10.7. The maximum atomic E-state index is 13.3. The van der Waals surface area contributed by atoms with Gasteiger partial charge >= 0.3 is 0 Å². The molecule has 2 aromatic rings. The molecule has 0 fully saturated rings. The number of aryl methyl sites for hydroxylation is 2. The maximum absolute atomic E-state index is 13.3. The van der Waals surface area contributed by atoms with Crippen LogP contribution < -0.4 is 9.47 Å². The van der Waals surface area contributed by atoms with E-state index in [4.69, 9.17) is 21.1 Å². The number of carbonyl (C=O) groups excluding carboxylic acids is 1. The van der Waals surface area contributed by atoms with Gasteiger partial charge in [-0.25, -0.2) is 8.42 Å². The van der Waals surface area contributed by atoms with E-state index in [1.165, 1.54) is 0 Å². The van der Waals surface area contributed by atoms with E-state index in [-0.39, 0.29) is 11.8 Å². The van der Waals surface area contributed by atoms with Gasteiger partial charge in [-0.3, -0.25) is 9.69 Å². The predicted octanol–water partition coefficient (Wildman–Crippen LogP) is 4.95. The molecule has 0 spiro atoms. The minimum atomic E-state index is -3.60. The number of ether oxygens (including phenoxy) is 2. The van der Waals surface area contributed by atoms with Crippen molar-refractivity contribution < 1.29 is 22.7 Å². The van der Waals surface area contributed by atoms with Gasteiger partial charge in [-0.15, -0.1) is 0 Å². The molecule has 1 atom stereocenters. The van der Waals surface area contributed by atoms with Crippen LogP contribution in [0.3, 0.4) is 0 Å². The zero-order valence-electron chi connectivity index (χ0n) is 21.7. The molecule has 4 rings (SSSR count). The standard InChI is InChI=1S/C27H35ClN2O5S/c1-6-30(36(32,33)24-14-17(2)20(28)13-18(24)3)11-8-7-10-29-12-9-19-15-23(34-4)27(35-5)26-22(31)16-21(29)25(19)26/h13-15,21H,6-12,16H2,1-5H3. The van der Waals surface area contributed by atoms with Gasteiger partial charge in [0.1, 0.15) is 0 Å². The lowest BCUT2D eigenvalue weighted by Crippen LogP contribution is -2.36. The fraction of sp³-hybridized carbons (Fsp3) is 0.519. The summed E-state index contributed by atoms with van der Waals surface area (Å²) in [7, 11) is -0.437. The summed E-state index contributed by atoms with van der Waals surface area (Å²) >= 11 is 6.18. The van der Waals surface area contributed by atoms with Crippen LogP contribution in [-0.2, 0) is 16.4 Å². The summed E-state index contributed by atoms with van der Waals surface area (Å²) in [4.78, 5) is 15.6. The molecule has 1 aliphatic heterocycles. The summed E-state index contributed by atoms with van der Waals surface area (Å²) in [6.07, 6.45) is 2.86. The molecular formula is C27H35ClN2O5S. The Labute approximate surface area is 219 Å². The average molecular weight is 535 g/mol. The number of hydrogen-bond acceptors (Lipinski definition) is 6. The Bertz CT molecular complexity index is 1280. The Morgan fingerprint density at radius 2 is 1.86 bits per heavy atom. The minimum absolute atomic E-state index is 0.0433. The molecule has 1 unspecified atom stereocenters. The first-order valence-corrected chi connectivity index (χ1v) is 14.3. The summed E-state index contributed by atoms with van der Waals surface area (Å²) < 4.78 is 39.3. The minimum Gasteiger partial charge on any atom is -0.493 e. The molecule has 36 heavy (non-hydrogen) atoms. The van der Waals surface area contributed by atoms with Crippen LogP contribution in [0.5, 0.6) is 11.5 Å². The van der Waals surface area contributed by atoms with E-state index in [1.807, 2.05) is 19.9 Å². The highest BCUT2D eigenvalue weighted by Gasteiger charge is 2.41. The number of carbonyl (C=O) groups is 1. The molecule has 7 nitrogen and oxygen atoms in total. The van der Waals surface area contributed by atoms with Crippen molar-refractivity contribution in [3.05, 3.63) is 51.0 Å². The molecule has 196 valence electrons. The van der Waals surface area contributed by atoms with Crippen LogP contribution in [0.25, 0.3) is 0 Å². The summed E-state index contributed by atoms with van der Waals surface area (Å²) in [6.45, 7) is 7.98. The molecular weight excluding hydrogens is 500 g/mol. The third-order valence-electron chi connectivity index (χ3n) is 7.43. The Hall–Kier alpha value is -2.13. The Kier molecular flexibility index (Phi) is 8.00. The third-order valence-corrected chi connectivity index (χ3v) is 9.95. The van der Waals surface area contributed by atoms with E-state index in [0.717, 1.165) is 49.0 Å². The van der Waals surface area contributed by atoms with Crippen LogP contribution in [0.2, 0.25) is 5.02 Å². The van der Waals surface area contributed by atoms with Crippen LogP contribution >= 0.6 is 11.6 Å². The molecule has 1 heterocycles. The highest BCUT2D eigenvalue weighted by molar-refractivity contribution is 7.89. The van der Waals surface area contributed by atoms with Gasteiger partial charge in [0.25, 0.3) is 0 Å². The molecule has 1 aliphatic carbocycles. The van der Waals surface area contributed by atoms with Gasteiger partial charge in [-0.05, 0) is 80.1 Å². The van der Waals surface area contributed by atoms with Crippen LogP contribution in [0.1, 0.15) is 64.8 Å². The van der Waals surface area contributed by atoms with Crippen LogP contribution in [0, 0.1) is 13.8 Å². The van der Waals surface area contributed by atoms with E-state index in [2.05, 4.69) is 4.90 Å². The molecule has 2 aliphatic rings. The van der Waals surface area contributed by atoms with Crippen molar-refractivity contribution in [1.29, 1.82) is 0 Å². The fourth-order valence-electron chi connectivity index (χ4n) is 5.53. The first-order valence-electron chi connectivity index (χ1n) is 12.5. The molecule has 0 saturated heterocycles. The number of unbranched alkanes of at least 4 members (excludes halogenated alkanes) is 1. The van der Waals surface area contributed by atoms with Crippen LogP contribution in [0.15, 0.2) is 23.1 Å². The van der Waals surface area contributed by atoms with Gasteiger partial charge in [0, 0.05) is 37.1 Å². The van der Waals surface area contributed by atoms with Gasteiger partial charge in [0.05, 0.1) is 24.7 Å². The van der Waals surface area contributed by atoms with Gasteiger partial charge < -0.3 is 9.47 Å². The second-order valence-corrected chi connectivity index (χ2v) is 11.9. The lowest BCUT2D eigenvalue weighted by atomic mass is 9.92. The molecule has 0 saturated carbocycles. The topological polar surface area (TPSA) is 76.2 Å². The number of hydrogen-bond donors (Lipinski definition) is 0. The number of ketones is 1. The second-order valence-electron chi connectivity index (χ2n) is 9.56. The fourth-order valence-corrected chi connectivity index (χ4v) is 7.53.